The molecule has 0 aliphatic carbocycles. The minimum absolute atomic E-state index is 0.0258. The molecule has 2 aromatic carbocycles. The highest BCUT2D eigenvalue weighted by Crippen LogP contribution is 2.27. The Labute approximate surface area is 131 Å². The Morgan fingerprint density at radius 2 is 1.59 bits per heavy atom. The van der Waals surface area contributed by atoms with Gasteiger partial charge in [0.05, 0.1) is 31.0 Å². The van der Waals surface area contributed by atoms with Gasteiger partial charge < -0.3 is 9.47 Å². The monoisotopic (exact) mass is 293 g/mol. The van der Waals surface area contributed by atoms with Gasteiger partial charge in [0.1, 0.15) is 6.10 Å². The van der Waals surface area contributed by atoms with Crippen molar-refractivity contribution in [3.05, 3.63) is 59.7 Å². The fourth-order valence-electron chi connectivity index (χ4n) is 2.60. The highest BCUT2D eigenvalue weighted by molar-refractivity contribution is 5.64. The van der Waals surface area contributed by atoms with Crippen LogP contribution in [0.25, 0.3) is 11.1 Å². The molecule has 1 aliphatic heterocycles. The minimum atomic E-state index is 0.0258. The lowest BCUT2D eigenvalue weighted by Crippen LogP contribution is -2.30. The summed E-state index contributed by atoms with van der Waals surface area (Å²) in [4.78, 5) is 0. The molecule has 1 heterocycles. The van der Waals surface area contributed by atoms with Crippen molar-refractivity contribution in [3.8, 4) is 17.2 Å². The first kappa shape index (κ1) is 14.8. The summed E-state index contributed by atoms with van der Waals surface area (Å²) in [5, 5.41) is 8.84. The van der Waals surface area contributed by atoms with E-state index in [1.165, 1.54) is 0 Å². The summed E-state index contributed by atoms with van der Waals surface area (Å²) in [5.74, 6) is 0. The minimum Gasteiger partial charge on any atom is -0.373 e. The summed E-state index contributed by atoms with van der Waals surface area (Å²) in [6, 6.07) is 18.1. The topological polar surface area (TPSA) is 42.2 Å². The van der Waals surface area contributed by atoms with Crippen LogP contribution in [0, 0.1) is 11.3 Å². The van der Waals surface area contributed by atoms with Crippen molar-refractivity contribution >= 4 is 0 Å². The predicted molar refractivity (Wildman–Crippen MR) is 85.3 cm³/mol. The summed E-state index contributed by atoms with van der Waals surface area (Å²) < 4.78 is 11.7. The Morgan fingerprint density at radius 3 is 2.09 bits per heavy atom. The van der Waals surface area contributed by atoms with Crippen LogP contribution in [0.4, 0.5) is 0 Å². The summed E-state index contributed by atoms with van der Waals surface area (Å²) in [5.41, 5.74) is 4.07. The molecule has 3 nitrogen and oxygen atoms in total. The molecule has 2 atom stereocenters. The van der Waals surface area contributed by atoms with Crippen LogP contribution in [0.1, 0.15) is 30.6 Å². The van der Waals surface area contributed by atoms with E-state index in [-0.39, 0.29) is 12.2 Å². The smallest absolute Gasteiger partial charge is 0.106 e. The molecule has 0 bridgehead atoms. The Kier molecular flexibility index (Phi) is 4.53. The maximum atomic E-state index is 8.84. The number of rotatable bonds is 3. The number of benzene rings is 2. The first-order valence-corrected chi connectivity index (χ1v) is 7.64. The van der Waals surface area contributed by atoms with Gasteiger partial charge in [-0.15, -0.1) is 0 Å². The highest BCUT2D eigenvalue weighted by Gasteiger charge is 2.22. The van der Waals surface area contributed by atoms with Gasteiger partial charge in [-0.05, 0) is 35.2 Å². The van der Waals surface area contributed by atoms with Gasteiger partial charge in [-0.3, -0.25) is 0 Å². The van der Waals surface area contributed by atoms with Crippen LogP contribution < -0.4 is 0 Å². The van der Waals surface area contributed by atoms with Gasteiger partial charge in [0, 0.05) is 0 Å². The van der Waals surface area contributed by atoms with Crippen LogP contribution in [0.3, 0.4) is 0 Å². The largest absolute Gasteiger partial charge is 0.373 e. The van der Waals surface area contributed by atoms with Gasteiger partial charge in [0.25, 0.3) is 0 Å². The molecule has 3 rings (SSSR count). The predicted octanol–water partition coefficient (Wildman–Crippen LogP) is 4.09. The van der Waals surface area contributed by atoms with E-state index in [9.17, 15) is 0 Å². The van der Waals surface area contributed by atoms with Crippen molar-refractivity contribution in [2.24, 2.45) is 0 Å². The maximum absolute atomic E-state index is 8.84. The Morgan fingerprint density at radius 1 is 0.955 bits per heavy atom. The zero-order valence-corrected chi connectivity index (χ0v) is 12.7. The molecule has 1 aliphatic rings. The molecule has 3 heteroatoms. The van der Waals surface area contributed by atoms with Crippen LogP contribution in [-0.4, -0.2) is 19.3 Å². The second kappa shape index (κ2) is 6.74. The van der Waals surface area contributed by atoms with Gasteiger partial charge in [-0.2, -0.15) is 5.26 Å². The molecule has 0 N–H and O–H groups in total. The van der Waals surface area contributed by atoms with Gasteiger partial charge in [-0.25, -0.2) is 0 Å². The molecule has 1 saturated heterocycles. The molecule has 112 valence electrons. The van der Waals surface area contributed by atoms with Crippen LogP contribution in [-0.2, 0) is 9.47 Å². The summed E-state index contributed by atoms with van der Waals surface area (Å²) in [6.45, 7) is 3.40. The van der Waals surface area contributed by atoms with Crippen molar-refractivity contribution in [2.75, 3.05) is 13.2 Å². The summed E-state index contributed by atoms with van der Waals surface area (Å²) in [7, 11) is 0. The van der Waals surface area contributed by atoms with E-state index in [1.54, 1.807) is 0 Å². The third-order valence-electron chi connectivity index (χ3n) is 4.05. The molecule has 2 aromatic rings. The molecule has 0 amide bonds. The van der Waals surface area contributed by atoms with E-state index in [1.807, 2.05) is 24.3 Å². The molecule has 22 heavy (non-hydrogen) atoms. The first-order valence-electron chi connectivity index (χ1n) is 7.64. The lowest BCUT2D eigenvalue weighted by Gasteiger charge is -2.29. The van der Waals surface area contributed by atoms with E-state index in [0.717, 1.165) is 23.1 Å². The molecule has 0 radical (unpaired) electrons. The molecule has 0 unspecified atom stereocenters. The third-order valence-corrected chi connectivity index (χ3v) is 4.05. The molecule has 1 fully saturated rings. The fourth-order valence-corrected chi connectivity index (χ4v) is 2.60. The average molecular weight is 293 g/mol. The quantitative estimate of drug-likeness (QED) is 0.856. The van der Waals surface area contributed by atoms with Crippen LogP contribution in [0.15, 0.2) is 48.5 Å². The standard InChI is InChI=1S/C19H19NO2/c1-2-18-12-22-19(13-21-18)17-9-7-16(8-10-17)15-5-3-14(11-20)4-6-15/h3-10,18-19H,2,12-13H2,1H3/t18-,19-/m1/s1. The molecular weight excluding hydrogens is 274 g/mol. The average Bonchev–Trinajstić information content (AvgIpc) is 2.62. The van der Waals surface area contributed by atoms with Gasteiger partial charge >= 0.3 is 0 Å². The van der Waals surface area contributed by atoms with E-state index in [4.69, 9.17) is 14.7 Å². The van der Waals surface area contributed by atoms with Gasteiger partial charge in [0.2, 0.25) is 0 Å². The normalized spacial score (nSPS) is 21.3. The number of hydrogen-bond acceptors (Lipinski definition) is 3. The number of ether oxygens (including phenoxy) is 2. The third kappa shape index (κ3) is 3.19. The maximum Gasteiger partial charge on any atom is 0.106 e. The second-order valence-corrected chi connectivity index (χ2v) is 5.50. The van der Waals surface area contributed by atoms with Crippen molar-refractivity contribution in [2.45, 2.75) is 25.6 Å². The molecular formula is C19H19NO2. The fraction of sp³-hybridized carbons (Fsp3) is 0.316. The Balaban J connectivity index is 1.71. The van der Waals surface area contributed by atoms with Gasteiger partial charge in [0.15, 0.2) is 0 Å². The highest BCUT2D eigenvalue weighted by atomic mass is 16.6. The zero-order chi connectivity index (χ0) is 15.4. The summed E-state index contributed by atoms with van der Waals surface area (Å²) >= 11 is 0. The molecule has 0 saturated carbocycles. The lowest BCUT2D eigenvalue weighted by molar-refractivity contribution is -0.135. The van der Waals surface area contributed by atoms with Crippen LogP contribution >= 0.6 is 0 Å². The second-order valence-electron chi connectivity index (χ2n) is 5.50. The van der Waals surface area contributed by atoms with E-state index < -0.39 is 0 Å². The van der Waals surface area contributed by atoms with E-state index >= 15 is 0 Å². The van der Waals surface area contributed by atoms with Crippen molar-refractivity contribution in [1.82, 2.24) is 0 Å². The Bertz CT molecular complexity index is 647. The lowest BCUT2D eigenvalue weighted by atomic mass is 10.0. The first-order chi connectivity index (χ1) is 10.8. The van der Waals surface area contributed by atoms with Crippen LogP contribution in [0.2, 0.25) is 0 Å². The Hall–Kier alpha value is -2.15. The van der Waals surface area contributed by atoms with Crippen molar-refractivity contribution in [3.63, 3.8) is 0 Å². The number of nitrogens with zero attached hydrogens (tertiary/aromatic N) is 1. The number of nitriles is 1. The molecule has 0 spiro atoms. The van der Waals surface area contributed by atoms with E-state index in [2.05, 4.69) is 37.3 Å². The van der Waals surface area contributed by atoms with Crippen molar-refractivity contribution in [1.29, 1.82) is 5.26 Å². The van der Waals surface area contributed by atoms with Crippen LogP contribution in [0.5, 0.6) is 0 Å². The number of hydrogen-bond donors (Lipinski definition) is 0. The summed E-state index contributed by atoms with van der Waals surface area (Å²) in [6.07, 6.45) is 1.25. The SMILES string of the molecule is CC[C@@H]1CO[C@@H](c2ccc(-c3ccc(C#N)cc3)cc2)CO1. The van der Waals surface area contributed by atoms with Crippen molar-refractivity contribution < 1.29 is 9.47 Å². The van der Waals surface area contributed by atoms with Gasteiger partial charge in [-0.1, -0.05) is 43.3 Å². The molecule has 0 aromatic heterocycles. The van der Waals surface area contributed by atoms with E-state index in [0.29, 0.717) is 18.8 Å². The zero-order valence-electron chi connectivity index (χ0n) is 12.7.